The van der Waals surface area contributed by atoms with E-state index in [0.29, 0.717) is 17.7 Å². The Morgan fingerprint density at radius 1 is 0.964 bits per heavy atom. The molecule has 4 nitrogen and oxygen atoms in total. The molecule has 2 N–H and O–H groups in total. The molecule has 144 valence electrons. The summed E-state index contributed by atoms with van der Waals surface area (Å²) in [5, 5.41) is 18.2. The first-order valence-electron chi connectivity index (χ1n) is 10.4. The van der Waals surface area contributed by atoms with Crippen LogP contribution in [0.25, 0.3) is 0 Å². The summed E-state index contributed by atoms with van der Waals surface area (Å²) in [7, 11) is 0. The van der Waals surface area contributed by atoms with Crippen molar-refractivity contribution < 1.29 is 5.11 Å². The number of piperidine rings is 1. The summed E-state index contributed by atoms with van der Waals surface area (Å²) < 4.78 is 2.19. The summed E-state index contributed by atoms with van der Waals surface area (Å²) in [5.41, 5.74) is 5.29. The summed E-state index contributed by atoms with van der Waals surface area (Å²) in [6, 6.07) is 17.2. The van der Waals surface area contributed by atoms with Crippen LogP contribution in [0.2, 0.25) is 0 Å². The highest BCUT2D eigenvalue weighted by Crippen LogP contribution is 2.47. The van der Waals surface area contributed by atoms with E-state index < -0.39 is 0 Å². The standard InChI is InChI=1S/C24H27N3O/c28-21-7-9-23-18(14-21)6-8-22(17-4-2-1-3-5-17)24(23)19-15-26-27(16-19)20-10-12-25-13-11-20/h1-5,7,9,14-16,20,22,24-25,28H,6,8,10-13H2/t22-,24+/m1/s1. The summed E-state index contributed by atoms with van der Waals surface area (Å²) in [4.78, 5) is 0. The minimum atomic E-state index is 0.280. The van der Waals surface area contributed by atoms with E-state index in [0.717, 1.165) is 38.8 Å². The summed E-state index contributed by atoms with van der Waals surface area (Å²) in [6.07, 6.45) is 8.71. The van der Waals surface area contributed by atoms with Gasteiger partial charge in [-0.25, -0.2) is 0 Å². The van der Waals surface area contributed by atoms with Crippen LogP contribution in [0.3, 0.4) is 0 Å². The Morgan fingerprint density at radius 3 is 2.61 bits per heavy atom. The molecule has 0 amide bonds. The minimum Gasteiger partial charge on any atom is -0.508 e. The molecule has 1 fully saturated rings. The van der Waals surface area contributed by atoms with E-state index in [1.807, 2.05) is 12.1 Å². The number of phenols is 1. The molecule has 1 aliphatic carbocycles. The fraction of sp³-hybridized carbons (Fsp3) is 0.375. The molecule has 3 aromatic rings. The van der Waals surface area contributed by atoms with Crippen molar-refractivity contribution in [2.24, 2.45) is 0 Å². The summed E-state index contributed by atoms with van der Waals surface area (Å²) >= 11 is 0. The molecule has 1 aromatic heterocycles. The molecule has 0 unspecified atom stereocenters. The Bertz CT molecular complexity index is 943. The molecule has 0 bridgehead atoms. The maximum absolute atomic E-state index is 9.98. The van der Waals surface area contributed by atoms with Gasteiger partial charge in [-0.2, -0.15) is 5.10 Å². The first kappa shape index (κ1) is 17.5. The van der Waals surface area contributed by atoms with Crippen molar-refractivity contribution in [3.63, 3.8) is 0 Å². The molecule has 2 atom stereocenters. The Hall–Kier alpha value is -2.59. The number of fused-ring (bicyclic) bond motifs is 1. The fourth-order valence-electron chi connectivity index (χ4n) is 5.06. The third-order valence-electron chi connectivity index (χ3n) is 6.48. The van der Waals surface area contributed by atoms with Gasteiger partial charge in [-0.1, -0.05) is 36.4 Å². The SMILES string of the molecule is Oc1ccc2c(c1)CC[C@H](c1ccccc1)[C@@H]2c1cnn(C2CCNCC2)c1. The maximum Gasteiger partial charge on any atom is 0.115 e. The molecular weight excluding hydrogens is 346 g/mol. The number of nitrogens with zero attached hydrogens (tertiary/aromatic N) is 2. The first-order chi connectivity index (χ1) is 13.8. The van der Waals surface area contributed by atoms with Crippen molar-refractivity contribution in [1.29, 1.82) is 0 Å². The summed E-state index contributed by atoms with van der Waals surface area (Å²) in [6.45, 7) is 2.13. The highest BCUT2D eigenvalue weighted by molar-refractivity contribution is 5.46. The van der Waals surface area contributed by atoms with E-state index in [1.165, 1.54) is 22.3 Å². The van der Waals surface area contributed by atoms with Gasteiger partial charge in [0.2, 0.25) is 0 Å². The Morgan fingerprint density at radius 2 is 1.79 bits per heavy atom. The van der Waals surface area contributed by atoms with Crippen LogP contribution in [0.4, 0.5) is 0 Å². The van der Waals surface area contributed by atoms with Crippen LogP contribution in [0.1, 0.15) is 59.4 Å². The largest absolute Gasteiger partial charge is 0.508 e. The highest BCUT2D eigenvalue weighted by atomic mass is 16.3. The predicted molar refractivity (Wildman–Crippen MR) is 111 cm³/mol. The quantitative estimate of drug-likeness (QED) is 0.716. The zero-order chi connectivity index (χ0) is 18.9. The lowest BCUT2D eigenvalue weighted by Crippen LogP contribution is -2.29. The second kappa shape index (κ2) is 7.44. The number of aryl methyl sites for hydroxylation is 1. The van der Waals surface area contributed by atoms with Crippen molar-refractivity contribution in [3.8, 4) is 5.75 Å². The molecule has 1 aliphatic heterocycles. The van der Waals surface area contributed by atoms with Gasteiger partial charge in [-0.15, -0.1) is 0 Å². The fourth-order valence-corrected chi connectivity index (χ4v) is 5.06. The van der Waals surface area contributed by atoms with E-state index in [2.05, 4.69) is 58.8 Å². The number of nitrogens with one attached hydrogen (secondary N) is 1. The third-order valence-corrected chi connectivity index (χ3v) is 6.48. The van der Waals surface area contributed by atoms with Crippen LogP contribution in [0.5, 0.6) is 5.75 Å². The molecule has 0 saturated carbocycles. The lowest BCUT2D eigenvalue weighted by molar-refractivity contribution is 0.342. The molecule has 0 radical (unpaired) electrons. The number of benzene rings is 2. The third kappa shape index (κ3) is 3.22. The van der Waals surface area contributed by atoms with Gasteiger partial charge in [0.05, 0.1) is 12.2 Å². The second-order valence-electron chi connectivity index (χ2n) is 8.15. The van der Waals surface area contributed by atoms with Gasteiger partial charge in [-0.05, 0) is 79.1 Å². The smallest absolute Gasteiger partial charge is 0.115 e. The Kier molecular flexibility index (Phi) is 4.65. The number of hydrogen-bond donors (Lipinski definition) is 2. The molecule has 4 heteroatoms. The Balaban J connectivity index is 1.56. The van der Waals surface area contributed by atoms with Crippen molar-refractivity contribution in [2.45, 2.75) is 43.6 Å². The van der Waals surface area contributed by atoms with E-state index in [1.54, 1.807) is 0 Å². The van der Waals surface area contributed by atoms with Gasteiger partial charge in [0, 0.05) is 12.1 Å². The van der Waals surface area contributed by atoms with Gasteiger partial charge in [0.25, 0.3) is 0 Å². The van der Waals surface area contributed by atoms with Gasteiger partial charge in [0.1, 0.15) is 5.75 Å². The molecule has 2 aliphatic rings. The first-order valence-corrected chi connectivity index (χ1v) is 10.4. The molecular formula is C24H27N3O. The zero-order valence-corrected chi connectivity index (χ0v) is 16.1. The van der Waals surface area contributed by atoms with Crippen molar-refractivity contribution in [3.05, 3.63) is 83.2 Å². The van der Waals surface area contributed by atoms with Crippen LogP contribution < -0.4 is 5.32 Å². The Labute approximate surface area is 166 Å². The van der Waals surface area contributed by atoms with Crippen molar-refractivity contribution in [1.82, 2.24) is 15.1 Å². The average molecular weight is 374 g/mol. The number of aromatic nitrogens is 2. The predicted octanol–water partition coefficient (Wildman–Crippen LogP) is 4.38. The number of rotatable bonds is 3. The van der Waals surface area contributed by atoms with Crippen molar-refractivity contribution >= 4 is 0 Å². The van der Waals surface area contributed by atoms with Gasteiger partial charge in [-0.3, -0.25) is 4.68 Å². The molecule has 0 spiro atoms. The van der Waals surface area contributed by atoms with Gasteiger partial charge in [0.15, 0.2) is 0 Å². The molecule has 28 heavy (non-hydrogen) atoms. The van der Waals surface area contributed by atoms with E-state index >= 15 is 0 Å². The molecule has 1 saturated heterocycles. The highest BCUT2D eigenvalue weighted by Gasteiger charge is 2.33. The van der Waals surface area contributed by atoms with E-state index in [4.69, 9.17) is 5.10 Å². The van der Waals surface area contributed by atoms with Crippen LogP contribution in [-0.4, -0.2) is 28.0 Å². The molecule has 2 heterocycles. The number of aromatic hydroxyl groups is 1. The lowest BCUT2D eigenvalue weighted by Gasteiger charge is -2.34. The maximum atomic E-state index is 9.98. The number of hydrogen-bond acceptors (Lipinski definition) is 3. The van der Waals surface area contributed by atoms with Crippen LogP contribution in [-0.2, 0) is 6.42 Å². The van der Waals surface area contributed by atoms with E-state index in [-0.39, 0.29) is 5.92 Å². The van der Waals surface area contributed by atoms with Crippen LogP contribution in [0, 0.1) is 0 Å². The van der Waals surface area contributed by atoms with Gasteiger partial charge >= 0.3 is 0 Å². The topological polar surface area (TPSA) is 50.1 Å². The molecule has 5 rings (SSSR count). The van der Waals surface area contributed by atoms with Crippen LogP contribution in [0.15, 0.2) is 60.9 Å². The van der Waals surface area contributed by atoms with E-state index in [9.17, 15) is 5.11 Å². The molecule has 2 aromatic carbocycles. The normalized spacial score (nSPS) is 22.7. The zero-order valence-electron chi connectivity index (χ0n) is 16.1. The van der Waals surface area contributed by atoms with Crippen molar-refractivity contribution in [2.75, 3.05) is 13.1 Å². The second-order valence-corrected chi connectivity index (χ2v) is 8.15. The number of phenolic OH excluding ortho intramolecular Hbond substituents is 1. The minimum absolute atomic E-state index is 0.280. The van der Waals surface area contributed by atoms with Gasteiger partial charge < -0.3 is 10.4 Å². The monoisotopic (exact) mass is 373 g/mol. The average Bonchev–Trinajstić information content (AvgIpc) is 3.24. The van der Waals surface area contributed by atoms with Crippen LogP contribution >= 0.6 is 0 Å². The lowest BCUT2D eigenvalue weighted by atomic mass is 9.70. The summed E-state index contributed by atoms with van der Waals surface area (Å²) in [5.74, 6) is 1.08.